The number of halogens is 1. The third-order valence-corrected chi connectivity index (χ3v) is 4.01. The number of pyridine rings is 1. The van der Waals surface area contributed by atoms with Crippen LogP contribution < -0.4 is 10.2 Å². The van der Waals surface area contributed by atoms with Crippen LogP contribution in [0.25, 0.3) is 0 Å². The molecule has 1 aliphatic heterocycles. The van der Waals surface area contributed by atoms with Crippen LogP contribution in [0.4, 0.5) is 5.82 Å². The lowest BCUT2D eigenvalue weighted by Crippen LogP contribution is -2.21. The van der Waals surface area contributed by atoms with E-state index in [0.29, 0.717) is 0 Å². The molecule has 3 nitrogen and oxygen atoms in total. The van der Waals surface area contributed by atoms with E-state index in [9.17, 15) is 0 Å². The summed E-state index contributed by atoms with van der Waals surface area (Å²) in [5.41, 5.74) is 1.14. The van der Waals surface area contributed by atoms with E-state index in [0.717, 1.165) is 48.5 Å². The maximum Gasteiger partial charge on any atom is 0.128 e. The molecule has 1 aromatic rings. The average Bonchev–Trinajstić information content (AvgIpc) is 2.86. The molecule has 1 unspecified atom stereocenters. The molecular weight excluding hydrogens is 246 g/mol. The molecule has 1 aliphatic rings. The summed E-state index contributed by atoms with van der Waals surface area (Å²) in [5, 5.41) is 4.07. The van der Waals surface area contributed by atoms with E-state index in [4.69, 9.17) is 11.6 Å². The number of rotatable bonds is 5. The van der Waals surface area contributed by atoms with E-state index in [1.54, 1.807) is 6.20 Å². The molecule has 2 rings (SSSR count). The van der Waals surface area contributed by atoms with Crippen LogP contribution in [0.2, 0.25) is 5.02 Å². The molecule has 1 aromatic heterocycles. The third-order valence-electron chi connectivity index (χ3n) is 3.67. The first-order valence-electron chi connectivity index (χ1n) is 6.84. The van der Waals surface area contributed by atoms with Gasteiger partial charge in [0.25, 0.3) is 0 Å². The Hall–Kier alpha value is -0.800. The van der Waals surface area contributed by atoms with Crippen molar-refractivity contribution in [2.75, 3.05) is 24.5 Å². The number of anilines is 1. The van der Waals surface area contributed by atoms with Crippen LogP contribution in [0.15, 0.2) is 12.3 Å². The van der Waals surface area contributed by atoms with Gasteiger partial charge in [0, 0.05) is 25.8 Å². The Morgan fingerprint density at radius 3 is 3.00 bits per heavy atom. The summed E-state index contributed by atoms with van der Waals surface area (Å²) >= 11 is 6.17. The van der Waals surface area contributed by atoms with Crippen molar-refractivity contribution in [3.8, 4) is 0 Å². The van der Waals surface area contributed by atoms with E-state index >= 15 is 0 Å². The van der Waals surface area contributed by atoms with Gasteiger partial charge in [-0.1, -0.05) is 31.9 Å². The van der Waals surface area contributed by atoms with E-state index in [1.165, 1.54) is 12.8 Å². The van der Waals surface area contributed by atoms with Gasteiger partial charge in [0.05, 0.1) is 5.02 Å². The zero-order chi connectivity index (χ0) is 13.0. The summed E-state index contributed by atoms with van der Waals surface area (Å²) < 4.78 is 0. The molecule has 100 valence electrons. The van der Waals surface area contributed by atoms with Gasteiger partial charge < -0.3 is 10.2 Å². The molecule has 1 fully saturated rings. The summed E-state index contributed by atoms with van der Waals surface area (Å²) in [7, 11) is 0. The second-order valence-electron chi connectivity index (χ2n) is 4.92. The van der Waals surface area contributed by atoms with Crippen LogP contribution in [-0.2, 0) is 6.54 Å². The highest BCUT2D eigenvalue weighted by Gasteiger charge is 2.22. The molecule has 2 heterocycles. The number of hydrogen-bond donors (Lipinski definition) is 1. The molecule has 0 aliphatic carbocycles. The van der Waals surface area contributed by atoms with Crippen LogP contribution in [0.1, 0.15) is 32.3 Å². The first kappa shape index (κ1) is 13.6. The predicted octanol–water partition coefficient (Wildman–Crippen LogP) is 3.08. The monoisotopic (exact) mass is 267 g/mol. The van der Waals surface area contributed by atoms with E-state index in [2.05, 4.69) is 35.1 Å². The normalized spacial score (nSPS) is 19.5. The fourth-order valence-corrected chi connectivity index (χ4v) is 2.58. The Balaban J connectivity index is 2.09. The minimum absolute atomic E-state index is 0.755. The highest BCUT2D eigenvalue weighted by atomic mass is 35.5. The Bertz CT molecular complexity index is 395. The number of aromatic nitrogens is 1. The fraction of sp³-hybridized carbons (Fsp3) is 0.643. The second kappa shape index (κ2) is 6.39. The van der Waals surface area contributed by atoms with Crippen LogP contribution in [-0.4, -0.2) is 24.6 Å². The maximum atomic E-state index is 6.17. The summed E-state index contributed by atoms with van der Waals surface area (Å²) in [6, 6.07) is 2.13. The maximum absolute atomic E-state index is 6.17. The summed E-state index contributed by atoms with van der Waals surface area (Å²) in [6.45, 7) is 8.38. The zero-order valence-electron chi connectivity index (χ0n) is 11.2. The lowest BCUT2D eigenvalue weighted by molar-refractivity contribution is 0.568. The molecule has 0 bridgehead atoms. The van der Waals surface area contributed by atoms with Gasteiger partial charge >= 0.3 is 0 Å². The molecule has 1 saturated heterocycles. The fourth-order valence-electron chi connectivity index (χ4n) is 2.41. The van der Waals surface area contributed by atoms with Crippen molar-refractivity contribution in [1.82, 2.24) is 10.3 Å². The van der Waals surface area contributed by atoms with Crippen LogP contribution >= 0.6 is 11.6 Å². The van der Waals surface area contributed by atoms with Gasteiger partial charge in [0.15, 0.2) is 0 Å². The topological polar surface area (TPSA) is 28.2 Å². The SMILES string of the molecule is CCNCc1cc(N2CCC(CC)C2)ncc1Cl. The van der Waals surface area contributed by atoms with Gasteiger partial charge in [0.2, 0.25) is 0 Å². The van der Waals surface area contributed by atoms with Crippen molar-refractivity contribution in [3.05, 3.63) is 22.8 Å². The summed E-state index contributed by atoms with van der Waals surface area (Å²) in [5.74, 6) is 1.89. The van der Waals surface area contributed by atoms with E-state index in [1.807, 2.05) is 0 Å². The Kier molecular flexibility index (Phi) is 4.84. The highest BCUT2D eigenvalue weighted by Crippen LogP contribution is 2.26. The van der Waals surface area contributed by atoms with Crippen molar-refractivity contribution in [2.24, 2.45) is 5.92 Å². The van der Waals surface area contributed by atoms with Crippen LogP contribution in [0.5, 0.6) is 0 Å². The van der Waals surface area contributed by atoms with Crippen molar-refractivity contribution >= 4 is 17.4 Å². The average molecular weight is 268 g/mol. The van der Waals surface area contributed by atoms with Crippen molar-refractivity contribution in [1.29, 1.82) is 0 Å². The zero-order valence-corrected chi connectivity index (χ0v) is 12.0. The molecule has 4 heteroatoms. The van der Waals surface area contributed by atoms with Gasteiger partial charge in [-0.2, -0.15) is 0 Å². The van der Waals surface area contributed by atoms with Crippen molar-refractivity contribution < 1.29 is 0 Å². The molecule has 18 heavy (non-hydrogen) atoms. The number of nitrogens with one attached hydrogen (secondary N) is 1. The minimum atomic E-state index is 0.755. The molecule has 1 N–H and O–H groups in total. The number of nitrogens with zero attached hydrogens (tertiary/aromatic N) is 2. The first-order valence-corrected chi connectivity index (χ1v) is 7.22. The lowest BCUT2D eigenvalue weighted by Gasteiger charge is -2.18. The number of hydrogen-bond acceptors (Lipinski definition) is 3. The van der Waals surface area contributed by atoms with Gasteiger partial charge in [-0.3, -0.25) is 0 Å². The van der Waals surface area contributed by atoms with Crippen molar-refractivity contribution in [3.63, 3.8) is 0 Å². The summed E-state index contributed by atoms with van der Waals surface area (Å²) in [4.78, 5) is 6.84. The van der Waals surface area contributed by atoms with Crippen molar-refractivity contribution in [2.45, 2.75) is 33.2 Å². The largest absolute Gasteiger partial charge is 0.356 e. The summed E-state index contributed by atoms with van der Waals surface area (Å²) in [6.07, 6.45) is 4.32. The second-order valence-corrected chi connectivity index (χ2v) is 5.33. The smallest absolute Gasteiger partial charge is 0.128 e. The van der Waals surface area contributed by atoms with Gasteiger partial charge in [0.1, 0.15) is 5.82 Å². The predicted molar refractivity (Wildman–Crippen MR) is 77.2 cm³/mol. The standard InChI is InChI=1S/C14H22ClN3/c1-3-11-5-6-18(10-11)14-7-12(8-16-4-2)13(15)9-17-14/h7,9,11,16H,3-6,8,10H2,1-2H3. The quantitative estimate of drug-likeness (QED) is 0.889. The first-order chi connectivity index (χ1) is 8.74. The van der Waals surface area contributed by atoms with E-state index < -0.39 is 0 Å². The lowest BCUT2D eigenvalue weighted by atomic mass is 10.1. The minimum Gasteiger partial charge on any atom is -0.356 e. The Labute approximate surface area is 115 Å². The van der Waals surface area contributed by atoms with Gasteiger partial charge in [-0.25, -0.2) is 4.98 Å². The molecule has 1 atom stereocenters. The van der Waals surface area contributed by atoms with E-state index in [-0.39, 0.29) is 0 Å². The Morgan fingerprint density at radius 1 is 1.50 bits per heavy atom. The molecule has 0 spiro atoms. The van der Waals surface area contributed by atoms with Crippen LogP contribution in [0.3, 0.4) is 0 Å². The highest BCUT2D eigenvalue weighted by molar-refractivity contribution is 6.31. The van der Waals surface area contributed by atoms with Crippen LogP contribution in [0, 0.1) is 5.92 Å². The molecule has 0 aromatic carbocycles. The van der Waals surface area contributed by atoms with Gasteiger partial charge in [-0.05, 0) is 30.5 Å². The molecule has 0 saturated carbocycles. The molecular formula is C14H22ClN3. The molecule has 0 amide bonds. The molecule has 0 radical (unpaired) electrons. The Morgan fingerprint density at radius 2 is 2.33 bits per heavy atom. The van der Waals surface area contributed by atoms with Gasteiger partial charge in [-0.15, -0.1) is 0 Å². The third kappa shape index (κ3) is 3.15.